The van der Waals surface area contributed by atoms with Crippen LogP contribution in [-0.2, 0) is 4.79 Å². The van der Waals surface area contributed by atoms with E-state index in [0.29, 0.717) is 12.3 Å². The van der Waals surface area contributed by atoms with Crippen molar-refractivity contribution in [3.63, 3.8) is 0 Å². The summed E-state index contributed by atoms with van der Waals surface area (Å²) in [5.41, 5.74) is 5.05. The minimum absolute atomic E-state index is 0.0531. The third-order valence-electron chi connectivity index (χ3n) is 5.02. The van der Waals surface area contributed by atoms with Crippen LogP contribution < -0.4 is 10.5 Å². The summed E-state index contributed by atoms with van der Waals surface area (Å²) in [5.74, 6) is 1.48. The van der Waals surface area contributed by atoms with Crippen LogP contribution in [0.1, 0.15) is 38.5 Å². The van der Waals surface area contributed by atoms with E-state index in [9.17, 15) is 4.79 Å². The van der Waals surface area contributed by atoms with Crippen molar-refractivity contribution in [1.82, 2.24) is 4.90 Å². The van der Waals surface area contributed by atoms with Crippen LogP contribution in [0.2, 0.25) is 0 Å². The molecule has 2 aliphatic rings. The van der Waals surface area contributed by atoms with E-state index in [-0.39, 0.29) is 18.5 Å². The second-order valence-electron chi connectivity index (χ2n) is 6.82. The molecular formula is C18H24BrN3O2. The fourth-order valence-electron chi connectivity index (χ4n) is 3.65. The summed E-state index contributed by atoms with van der Waals surface area (Å²) in [4.78, 5) is 18.8. The molecule has 3 rings (SSSR count). The molecule has 1 aliphatic heterocycles. The average molecular weight is 394 g/mol. The Kier molecular flexibility index (Phi) is 5.13. The summed E-state index contributed by atoms with van der Waals surface area (Å²) in [6, 6.07) is 7.61. The van der Waals surface area contributed by atoms with Gasteiger partial charge in [-0.2, -0.15) is 0 Å². The Labute approximate surface area is 151 Å². The van der Waals surface area contributed by atoms with Crippen LogP contribution in [-0.4, -0.2) is 36.0 Å². The van der Waals surface area contributed by atoms with Gasteiger partial charge in [-0.15, -0.1) is 0 Å². The van der Waals surface area contributed by atoms with Crippen molar-refractivity contribution < 1.29 is 9.53 Å². The van der Waals surface area contributed by atoms with Crippen molar-refractivity contribution in [2.75, 3.05) is 13.7 Å². The van der Waals surface area contributed by atoms with E-state index in [1.807, 2.05) is 24.3 Å². The number of ether oxygens (including phenoxy) is 1. The fraction of sp³-hybridized carbons (Fsp3) is 0.556. The Morgan fingerprint density at radius 1 is 1.29 bits per heavy atom. The molecule has 2 N–H and O–H groups in total. The summed E-state index contributed by atoms with van der Waals surface area (Å²) in [7, 11) is 1.68. The highest BCUT2D eigenvalue weighted by molar-refractivity contribution is 9.10. The zero-order valence-electron chi connectivity index (χ0n) is 14.0. The summed E-state index contributed by atoms with van der Waals surface area (Å²) >= 11 is 3.41. The lowest BCUT2D eigenvalue weighted by Crippen LogP contribution is -2.47. The third kappa shape index (κ3) is 3.58. The first-order valence-electron chi connectivity index (χ1n) is 8.52. The highest BCUT2D eigenvalue weighted by Crippen LogP contribution is 2.36. The standard InChI is InChI=1S/C18H24BrN3O2/c1-22-16(23)18(21-17(22)20,11-13-5-3-2-4-6-13)12-24-15-9-7-14(19)8-10-15/h7-10,13H,2-6,11-12H2,1H3,(H2,20,21). The maximum atomic E-state index is 12.8. The summed E-state index contributed by atoms with van der Waals surface area (Å²) in [6.45, 7) is 0.231. The normalized spacial score (nSPS) is 25.0. The molecule has 0 bridgehead atoms. The molecule has 1 aliphatic carbocycles. The molecule has 24 heavy (non-hydrogen) atoms. The molecule has 1 aromatic carbocycles. The Bertz CT molecular complexity index is 626. The number of amides is 1. The van der Waals surface area contributed by atoms with E-state index in [2.05, 4.69) is 20.9 Å². The number of nitrogens with zero attached hydrogens (tertiary/aromatic N) is 2. The molecule has 0 aromatic heterocycles. The van der Waals surface area contributed by atoms with Crippen molar-refractivity contribution in [2.45, 2.75) is 44.1 Å². The molecule has 6 heteroatoms. The van der Waals surface area contributed by atoms with Gasteiger partial charge in [-0.1, -0.05) is 48.0 Å². The van der Waals surface area contributed by atoms with E-state index in [1.54, 1.807) is 7.05 Å². The highest BCUT2D eigenvalue weighted by Gasteiger charge is 2.48. The molecule has 130 valence electrons. The first kappa shape index (κ1) is 17.3. The minimum atomic E-state index is -0.881. The number of rotatable bonds is 5. The number of hydrogen-bond acceptors (Lipinski definition) is 4. The maximum Gasteiger partial charge on any atom is 0.260 e. The Morgan fingerprint density at radius 3 is 2.54 bits per heavy atom. The molecule has 1 heterocycles. The number of carbonyl (C=O) groups is 1. The lowest BCUT2D eigenvalue weighted by molar-refractivity contribution is -0.132. The van der Waals surface area contributed by atoms with Gasteiger partial charge in [-0.3, -0.25) is 9.69 Å². The first-order chi connectivity index (χ1) is 11.5. The molecule has 1 saturated carbocycles. The lowest BCUT2D eigenvalue weighted by Gasteiger charge is -2.31. The van der Waals surface area contributed by atoms with Crippen LogP contribution in [0, 0.1) is 5.92 Å². The molecule has 0 radical (unpaired) electrons. The number of hydrogen-bond donors (Lipinski definition) is 1. The number of guanidine groups is 1. The van der Waals surface area contributed by atoms with Crippen molar-refractivity contribution in [3.8, 4) is 5.75 Å². The van der Waals surface area contributed by atoms with E-state index in [4.69, 9.17) is 10.5 Å². The summed E-state index contributed by atoms with van der Waals surface area (Å²) in [5, 5.41) is 0. The van der Waals surface area contributed by atoms with Gasteiger partial charge in [0.25, 0.3) is 5.91 Å². The van der Waals surface area contributed by atoms with Crippen molar-refractivity contribution in [2.24, 2.45) is 16.6 Å². The number of benzene rings is 1. The van der Waals surface area contributed by atoms with E-state index in [1.165, 1.54) is 24.2 Å². The maximum absolute atomic E-state index is 12.8. The number of halogens is 1. The number of nitrogens with two attached hydrogens (primary N) is 1. The molecular weight excluding hydrogens is 370 g/mol. The van der Waals surface area contributed by atoms with Gasteiger partial charge >= 0.3 is 0 Å². The van der Waals surface area contributed by atoms with E-state index in [0.717, 1.165) is 23.1 Å². The van der Waals surface area contributed by atoms with Crippen LogP contribution in [0.5, 0.6) is 5.75 Å². The largest absolute Gasteiger partial charge is 0.490 e. The second kappa shape index (κ2) is 7.13. The van der Waals surface area contributed by atoms with E-state index >= 15 is 0 Å². The zero-order valence-corrected chi connectivity index (χ0v) is 15.6. The van der Waals surface area contributed by atoms with Gasteiger partial charge in [0.2, 0.25) is 0 Å². The molecule has 0 saturated heterocycles. The fourth-order valence-corrected chi connectivity index (χ4v) is 3.91. The van der Waals surface area contributed by atoms with Gasteiger partial charge in [0.1, 0.15) is 12.4 Å². The van der Waals surface area contributed by atoms with Gasteiger partial charge in [-0.25, -0.2) is 4.99 Å². The smallest absolute Gasteiger partial charge is 0.260 e. The number of likely N-dealkylation sites (N-methyl/N-ethyl adjacent to an activating group) is 1. The molecule has 1 aromatic rings. The topological polar surface area (TPSA) is 67.9 Å². The van der Waals surface area contributed by atoms with Crippen LogP contribution in [0.3, 0.4) is 0 Å². The quantitative estimate of drug-likeness (QED) is 0.833. The van der Waals surface area contributed by atoms with Gasteiger partial charge in [0.05, 0.1) is 0 Å². The SMILES string of the molecule is CN1C(=O)C(COc2ccc(Br)cc2)(CC2CCCCC2)N=C1N. The molecule has 5 nitrogen and oxygen atoms in total. The van der Waals surface area contributed by atoms with Gasteiger partial charge in [0.15, 0.2) is 11.5 Å². The van der Waals surface area contributed by atoms with Gasteiger partial charge in [0, 0.05) is 11.5 Å². The van der Waals surface area contributed by atoms with Crippen molar-refractivity contribution >= 4 is 27.8 Å². The molecule has 1 fully saturated rings. The molecule has 0 spiro atoms. The highest BCUT2D eigenvalue weighted by atomic mass is 79.9. The van der Waals surface area contributed by atoms with Crippen LogP contribution in [0.25, 0.3) is 0 Å². The monoisotopic (exact) mass is 393 g/mol. The molecule has 1 unspecified atom stereocenters. The van der Waals surface area contributed by atoms with E-state index < -0.39 is 5.54 Å². The van der Waals surface area contributed by atoms with Gasteiger partial charge in [-0.05, 0) is 36.6 Å². The Hall–Kier alpha value is -1.56. The third-order valence-corrected chi connectivity index (χ3v) is 5.55. The van der Waals surface area contributed by atoms with Crippen LogP contribution >= 0.6 is 15.9 Å². The van der Waals surface area contributed by atoms with Crippen molar-refractivity contribution in [3.05, 3.63) is 28.7 Å². The average Bonchev–Trinajstić information content (AvgIpc) is 2.80. The number of aliphatic imine (C=N–C) groups is 1. The predicted octanol–water partition coefficient (Wildman–Crippen LogP) is 3.32. The molecule has 1 amide bonds. The van der Waals surface area contributed by atoms with Crippen LogP contribution in [0.4, 0.5) is 0 Å². The predicted molar refractivity (Wildman–Crippen MR) is 98.0 cm³/mol. The van der Waals surface area contributed by atoms with Crippen LogP contribution in [0.15, 0.2) is 33.7 Å². The second-order valence-corrected chi connectivity index (χ2v) is 7.73. The molecule has 1 atom stereocenters. The summed E-state index contributed by atoms with van der Waals surface area (Å²) < 4.78 is 6.92. The van der Waals surface area contributed by atoms with Crippen molar-refractivity contribution in [1.29, 1.82) is 0 Å². The van der Waals surface area contributed by atoms with Gasteiger partial charge < -0.3 is 10.5 Å². The zero-order chi connectivity index (χ0) is 17.2. The lowest BCUT2D eigenvalue weighted by atomic mass is 9.79. The Balaban J connectivity index is 1.77. The first-order valence-corrected chi connectivity index (χ1v) is 9.31. The number of carbonyl (C=O) groups excluding carboxylic acids is 1. The minimum Gasteiger partial charge on any atom is -0.490 e. The summed E-state index contributed by atoms with van der Waals surface area (Å²) in [6.07, 6.45) is 6.79. The Morgan fingerprint density at radius 2 is 1.96 bits per heavy atom.